The highest BCUT2D eigenvalue weighted by Gasteiger charge is 2.28. The first-order valence-electron chi connectivity index (χ1n) is 8.87. The first kappa shape index (κ1) is 19.2. The number of fused-ring (bicyclic) bond motifs is 1. The highest BCUT2D eigenvalue weighted by Crippen LogP contribution is 2.40. The lowest BCUT2D eigenvalue weighted by Crippen LogP contribution is -2.14. The summed E-state index contributed by atoms with van der Waals surface area (Å²) in [7, 11) is 2.98. The molecule has 3 rings (SSSR count). The van der Waals surface area contributed by atoms with Crippen molar-refractivity contribution in [3.63, 3.8) is 0 Å². The Hall–Kier alpha value is -2.60. The first-order valence-corrected chi connectivity index (χ1v) is 9.69. The molecule has 0 saturated carbocycles. The second kappa shape index (κ2) is 8.39. The zero-order valence-electron chi connectivity index (χ0n) is 15.7. The monoisotopic (exact) mass is 385 g/mol. The van der Waals surface area contributed by atoms with Crippen LogP contribution < -0.4 is 10.1 Å². The van der Waals surface area contributed by atoms with Crippen LogP contribution in [0.1, 0.15) is 39.7 Å². The molecule has 1 N–H and O–H groups in total. The molecule has 142 valence electrons. The van der Waals surface area contributed by atoms with Crippen molar-refractivity contribution in [3.05, 3.63) is 51.9 Å². The van der Waals surface area contributed by atoms with Gasteiger partial charge in [-0.25, -0.2) is 4.79 Å². The van der Waals surface area contributed by atoms with E-state index < -0.39 is 5.97 Å². The topological polar surface area (TPSA) is 64.6 Å². The molecule has 0 radical (unpaired) electrons. The van der Waals surface area contributed by atoms with Gasteiger partial charge in [0, 0.05) is 11.0 Å². The molecule has 5 nitrogen and oxygen atoms in total. The fourth-order valence-electron chi connectivity index (χ4n) is 3.20. The zero-order valence-corrected chi connectivity index (χ0v) is 16.5. The normalized spacial score (nSPS) is 16.0. The Balaban J connectivity index is 1.78. The minimum atomic E-state index is -0.392. The van der Waals surface area contributed by atoms with E-state index in [4.69, 9.17) is 9.47 Å². The Bertz CT molecular complexity index is 867. The fourth-order valence-corrected chi connectivity index (χ4v) is 4.60. The van der Waals surface area contributed by atoms with Gasteiger partial charge in [0.15, 0.2) is 0 Å². The molecular formula is C21H23NO4S. The third-order valence-corrected chi connectivity index (χ3v) is 5.85. The van der Waals surface area contributed by atoms with Gasteiger partial charge in [-0.2, -0.15) is 0 Å². The van der Waals surface area contributed by atoms with Crippen molar-refractivity contribution in [3.8, 4) is 5.75 Å². The van der Waals surface area contributed by atoms with Crippen molar-refractivity contribution in [2.24, 2.45) is 5.92 Å². The number of hydrogen-bond acceptors (Lipinski definition) is 5. The van der Waals surface area contributed by atoms with Gasteiger partial charge in [0.05, 0.1) is 19.8 Å². The van der Waals surface area contributed by atoms with Gasteiger partial charge in [0.1, 0.15) is 10.8 Å². The van der Waals surface area contributed by atoms with Crippen molar-refractivity contribution in [1.29, 1.82) is 0 Å². The standard InChI is InChI=1S/C21H23NO4S/c1-13-4-10-16-17(12-13)27-20(19(16)21(24)26-3)22-18(23)11-7-14-5-8-15(25-2)9-6-14/h5-9,11,13H,4,10,12H2,1-3H3,(H,22,23)/b11-7+/t13-/m0/s1. The number of thiophene rings is 1. The Kier molecular flexibility index (Phi) is 5.96. The minimum absolute atomic E-state index is 0.275. The number of nitrogens with one attached hydrogen (secondary N) is 1. The minimum Gasteiger partial charge on any atom is -0.497 e. The second-order valence-electron chi connectivity index (χ2n) is 6.64. The van der Waals surface area contributed by atoms with E-state index in [1.54, 1.807) is 13.2 Å². The van der Waals surface area contributed by atoms with Gasteiger partial charge in [-0.1, -0.05) is 19.1 Å². The molecule has 1 aliphatic carbocycles. The van der Waals surface area contributed by atoms with Crippen molar-refractivity contribution >= 4 is 34.3 Å². The average Bonchev–Trinajstić information content (AvgIpc) is 3.02. The number of amides is 1. The molecule has 6 heteroatoms. The van der Waals surface area contributed by atoms with Crippen molar-refractivity contribution < 1.29 is 19.1 Å². The van der Waals surface area contributed by atoms with E-state index in [0.717, 1.165) is 36.1 Å². The summed E-state index contributed by atoms with van der Waals surface area (Å²) in [6.45, 7) is 2.20. The van der Waals surface area contributed by atoms with E-state index in [1.807, 2.05) is 24.3 Å². The Labute approximate surface area is 163 Å². The summed E-state index contributed by atoms with van der Waals surface area (Å²) in [5.74, 6) is 0.678. The number of rotatable bonds is 5. The average molecular weight is 385 g/mol. The van der Waals surface area contributed by atoms with Gasteiger partial charge in [-0.3, -0.25) is 4.79 Å². The van der Waals surface area contributed by atoms with E-state index in [0.29, 0.717) is 16.5 Å². The van der Waals surface area contributed by atoms with Crippen LogP contribution in [0.5, 0.6) is 5.75 Å². The number of benzene rings is 1. The predicted octanol–water partition coefficient (Wildman–Crippen LogP) is 4.32. The van der Waals surface area contributed by atoms with Crippen LogP contribution in [0.3, 0.4) is 0 Å². The molecule has 1 heterocycles. The molecule has 0 bridgehead atoms. The number of carbonyl (C=O) groups excluding carboxylic acids is 2. The first-order chi connectivity index (χ1) is 13.0. The Morgan fingerprint density at radius 1 is 1.22 bits per heavy atom. The maximum Gasteiger partial charge on any atom is 0.341 e. The Morgan fingerprint density at radius 3 is 2.63 bits per heavy atom. The molecular weight excluding hydrogens is 362 g/mol. The van der Waals surface area contributed by atoms with E-state index in [1.165, 1.54) is 29.4 Å². The summed E-state index contributed by atoms with van der Waals surface area (Å²) in [5.41, 5.74) is 2.42. The van der Waals surface area contributed by atoms with E-state index in [-0.39, 0.29) is 5.91 Å². The van der Waals surface area contributed by atoms with Crippen LogP contribution >= 0.6 is 11.3 Å². The fraction of sp³-hybridized carbons (Fsp3) is 0.333. The summed E-state index contributed by atoms with van der Waals surface area (Å²) in [5, 5.41) is 3.43. The highest BCUT2D eigenvalue weighted by atomic mass is 32.1. The zero-order chi connectivity index (χ0) is 19.4. The van der Waals surface area contributed by atoms with E-state index in [9.17, 15) is 9.59 Å². The Morgan fingerprint density at radius 2 is 1.96 bits per heavy atom. The molecule has 2 aromatic rings. The predicted molar refractivity (Wildman–Crippen MR) is 108 cm³/mol. The van der Waals surface area contributed by atoms with Crippen LogP contribution in [0.25, 0.3) is 6.08 Å². The van der Waals surface area contributed by atoms with Gasteiger partial charge in [0.25, 0.3) is 0 Å². The lowest BCUT2D eigenvalue weighted by Gasteiger charge is -2.18. The third kappa shape index (κ3) is 4.39. The van der Waals surface area contributed by atoms with Crippen LogP contribution in [0.4, 0.5) is 5.00 Å². The SMILES string of the molecule is COC(=O)c1c(NC(=O)/C=C/c2ccc(OC)cc2)sc2c1CC[C@H](C)C2. The molecule has 0 spiro atoms. The van der Waals surface area contributed by atoms with Crippen LogP contribution in [-0.4, -0.2) is 26.1 Å². The lowest BCUT2D eigenvalue weighted by atomic mass is 9.88. The number of anilines is 1. The highest BCUT2D eigenvalue weighted by molar-refractivity contribution is 7.17. The molecule has 1 amide bonds. The molecule has 0 unspecified atom stereocenters. The summed E-state index contributed by atoms with van der Waals surface area (Å²) in [6.07, 6.45) is 6.00. The van der Waals surface area contributed by atoms with E-state index in [2.05, 4.69) is 12.2 Å². The maximum absolute atomic E-state index is 12.4. The second-order valence-corrected chi connectivity index (χ2v) is 7.75. The van der Waals surface area contributed by atoms with E-state index >= 15 is 0 Å². The number of methoxy groups -OCH3 is 2. The van der Waals surface area contributed by atoms with Crippen LogP contribution in [-0.2, 0) is 22.4 Å². The smallest absolute Gasteiger partial charge is 0.341 e. The molecule has 1 aromatic carbocycles. The third-order valence-electron chi connectivity index (χ3n) is 4.68. The molecule has 0 fully saturated rings. The number of esters is 1. The molecule has 0 aliphatic heterocycles. The quantitative estimate of drug-likeness (QED) is 0.615. The summed E-state index contributed by atoms with van der Waals surface area (Å²) < 4.78 is 10.1. The number of ether oxygens (including phenoxy) is 2. The molecule has 0 saturated heterocycles. The van der Waals surface area contributed by atoms with Crippen LogP contribution in [0.2, 0.25) is 0 Å². The molecule has 1 aromatic heterocycles. The van der Waals surface area contributed by atoms with Gasteiger partial charge >= 0.3 is 5.97 Å². The maximum atomic E-state index is 12.4. The van der Waals surface area contributed by atoms with Crippen LogP contribution in [0.15, 0.2) is 30.3 Å². The molecule has 1 aliphatic rings. The van der Waals surface area contributed by atoms with Crippen molar-refractivity contribution in [1.82, 2.24) is 0 Å². The number of carbonyl (C=O) groups is 2. The lowest BCUT2D eigenvalue weighted by molar-refractivity contribution is -0.111. The van der Waals surface area contributed by atoms with Crippen LogP contribution in [0, 0.1) is 5.92 Å². The molecule has 27 heavy (non-hydrogen) atoms. The van der Waals surface area contributed by atoms with Gasteiger partial charge in [-0.05, 0) is 54.5 Å². The summed E-state index contributed by atoms with van der Waals surface area (Å²) in [4.78, 5) is 25.8. The van der Waals surface area contributed by atoms with Crippen molar-refractivity contribution in [2.75, 3.05) is 19.5 Å². The summed E-state index contributed by atoms with van der Waals surface area (Å²) >= 11 is 1.48. The van der Waals surface area contributed by atoms with Gasteiger partial charge in [-0.15, -0.1) is 11.3 Å². The van der Waals surface area contributed by atoms with Gasteiger partial charge in [0.2, 0.25) is 5.91 Å². The summed E-state index contributed by atoms with van der Waals surface area (Å²) in [6, 6.07) is 7.41. The molecule has 1 atom stereocenters. The van der Waals surface area contributed by atoms with Crippen molar-refractivity contribution in [2.45, 2.75) is 26.2 Å². The largest absolute Gasteiger partial charge is 0.497 e. The number of hydrogen-bond donors (Lipinski definition) is 1. The van der Waals surface area contributed by atoms with Gasteiger partial charge < -0.3 is 14.8 Å².